The van der Waals surface area contributed by atoms with Crippen molar-refractivity contribution in [3.8, 4) is 0 Å². The average Bonchev–Trinajstić information content (AvgIpc) is 3.16. The molecule has 0 spiro atoms. The molecule has 0 saturated heterocycles. The van der Waals surface area contributed by atoms with Gasteiger partial charge in [-0.25, -0.2) is 4.79 Å². The lowest BCUT2D eigenvalue weighted by atomic mass is 10.1. The monoisotopic (exact) mass is 601 g/mol. The summed E-state index contributed by atoms with van der Waals surface area (Å²) < 4.78 is 5.14. The van der Waals surface area contributed by atoms with Crippen LogP contribution in [0.25, 0.3) is 0 Å². The molecule has 1 aliphatic rings. The molecule has 1 aliphatic carbocycles. The number of methoxy groups -OCH3 is 1. The molecule has 0 aliphatic heterocycles. The van der Waals surface area contributed by atoms with E-state index in [-0.39, 0.29) is 5.91 Å². The second-order valence-electron chi connectivity index (χ2n) is 9.63. The maximum absolute atomic E-state index is 13.9. The maximum Gasteiger partial charge on any atom is 0.341 e. The van der Waals surface area contributed by atoms with E-state index in [0.717, 1.165) is 59.5 Å². The largest absolute Gasteiger partial charge is 0.465 e. The van der Waals surface area contributed by atoms with Gasteiger partial charge in [-0.2, -0.15) is 0 Å². The van der Waals surface area contributed by atoms with Crippen LogP contribution in [0.1, 0.15) is 50.9 Å². The molecule has 6 nitrogen and oxygen atoms in total. The van der Waals surface area contributed by atoms with E-state index in [4.69, 9.17) is 17.0 Å². The predicted molar refractivity (Wildman–Crippen MR) is 173 cm³/mol. The van der Waals surface area contributed by atoms with Gasteiger partial charge < -0.3 is 20.7 Å². The molecule has 0 saturated carbocycles. The van der Waals surface area contributed by atoms with Gasteiger partial charge in [-0.1, -0.05) is 61.0 Å². The van der Waals surface area contributed by atoms with Crippen molar-refractivity contribution in [2.45, 2.75) is 42.2 Å². The van der Waals surface area contributed by atoms with Gasteiger partial charge in [0.15, 0.2) is 5.11 Å². The molecule has 0 radical (unpaired) electrons. The Morgan fingerprint density at radius 1 is 0.854 bits per heavy atom. The first-order chi connectivity index (χ1) is 20.0. The number of para-hydroxylation sites is 1. The van der Waals surface area contributed by atoms with Crippen molar-refractivity contribution in [1.82, 2.24) is 0 Å². The van der Waals surface area contributed by atoms with E-state index in [1.165, 1.54) is 35.1 Å². The van der Waals surface area contributed by atoms with Crippen molar-refractivity contribution in [2.24, 2.45) is 0 Å². The normalized spacial score (nSPS) is 13.3. The summed E-state index contributed by atoms with van der Waals surface area (Å²) in [6.45, 7) is 0. The number of hydrogen-bond donors (Lipinski definition) is 3. The van der Waals surface area contributed by atoms with E-state index in [0.29, 0.717) is 15.7 Å². The predicted octanol–water partition coefficient (Wildman–Crippen LogP) is 8.08. The van der Waals surface area contributed by atoms with Crippen molar-refractivity contribution >= 4 is 68.7 Å². The van der Waals surface area contributed by atoms with Gasteiger partial charge in [-0.05, 0) is 79.4 Å². The summed E-state index contributed by atoms with van der Waals surface area (Å²) in [4.78, 5) is 28.8. The molecule has 1 amide bonds. The highest BCUT2D eigenvalue weighted by Crippen LogP contribution is 2.41. The summed E-state index contributed by atoms with van der Waals surface area (Å²) in [6, 6.07) is 27.2. The molecule has 1 unspecified atom stereocenters. The van der Waals surface area contributed by atoms with Crippen molar-refractivity contribution in [2.75, 3.05) is 23.1 Å². The first-order valence-electron chi connectivity index (χ1n) is 13.5. The van der Waals surface area contributed by atoms with E-state index < -0.39 is 11.2 Å². The van der Waals surface area contributed by atoms with Gasteiger partial charge in [0.25, 0.3) is 0 Å². The first-order valence-corrected chi connectivity index (χ1v) is 15.6. The molecule has 1 aromatic heterocycles. The number of amides is 1. The Morgan fingerprint density at radius 2 is 1.54 bits per heavy atom. The lowest BCUT2D eigenvalue weighted by molar-refractivity contribution is -0.115. The summed E-state index contributed by atoms with van der Waals surface area (Å²) in [6.07, 6.45) is 4.98. The van der Waals surface area contributed by atoms with Crippen LogP contribution in [0, 0.1) is 0 Å². The maximum atomic E-state index is 13.9. The fourth-order valence-corrected chi connectivity index (χ4v) is 7.42. The number of carbonyl (C=O) groups excluding carboxylic acids is 2. The number of fused-ring (bicyclic) bond motifs is 1. The Morgan fingerprint density at radius 3 is 2.29 bits per heavy atom. The molecule has 0 bridgehead atoms. The molecule has 9 heteroatoms. The summed E-state index contributed by atoms with van der Waals surface area (Å²) in [7, 11) is 1.39. The SMILES string of the molecule is COC(=O)c1c(NC(=O)C(Sc2cccc(NC(=S)Nc3ccccc3)c2)c2ccccc2)sc2c1CCCCC2. The molecule has 3 N–H and O–H groups in total. The first kappa shape index (κ1) is 28.9. The van der Waals surface area contributed by atoms with Crippen molar-refractivity contribution in [3.05, 3.63) is 106 Å². The van der Waals surface area contributed by atoms with Crippen LogP contribution in [0.15, 0.2) is 89.8 Å². The van der Waals surface area contributed by atoms with E-state index in [9.17, 15) is 9.59 Å². The number of benzene rings is 3. The van der Waals surface area contributed by atoms with Crippen molar-refractivity contribution < 1.29 is 14.3 Å². The van der Waals surface area contributed by atoms with Crippen LogP contribution in [0.5, 0.6) is 0 Å². The average molecular weight is 602 g/mol. The van der Waals surface area contributed by atoms with E-state index in [1.54, 1.807) is 0 Å². The number of nitrogens with one attached hydrogen (secondary N) is 3. The van der Waals surface area contributed by atoms with Gasteiger partial charge in [-0.3, -0.25) is 4.79 Å². The van der Waals surface area contributed by atoms with Crippen LogP contribution < -0.4 is 16.0 Å². The Labute approximate surface area is 253 Å². The summed E-state index contributed by atoms with van der Waals surface area (Å²) >= 11 is 8.45. The molecule has 3 aromatic carbocycles. The van der Waals surface area contributed by atoms with Crippen LogP contribution >= 0.6 is 35.3 Å². The number of thiocarbonyl (C=S) groups is 1. The number of ether oxygens (including phenoxy) is 1. The minimum Gasteiger partial charge on any atom is -0.465 e. The van der Waals surface area contributed by atoms with Gasteiger partial charge in [0, 0.05) is 21.1 Å². The van der Waals surface area contributed by atoms with Gasteiger partial charge >= 0.3 is 5.97 Å². The third-order valence-corrected chi connectivity index (χ3v) is 9.42. The molecule has 1 atom stereocenters. The van der Waals surface area contributed by atoms with Gasteiger partial charge in [0.2, 0.25) is 5.91 Å². The van der Waals surface area contributed by atoms with Crippen LogP contribution in [0.3, 0.4) is 0 Å². The molecule has 1 heterocycles. The summed E-state index contributed by atoms with van der Waals surface area (Å²) in [5.41, 5.74) is 4.11. The number of carbonyl (C=O) groups is 2. The lowest BCUT2D eigenvalue weighted by Crippen LogP contribution is -2.20. The van der Waals surface area contributed by atoms with E-state index >= 15 is 0 Å². The topological polar surface area (TPSA) is 79.5 Å². The third kappa shape index (κ3) is 7.35. The highest BCUT2D eigenvalue weighted by molar-refractivity contribution is 8.00. The van der Waals surface area contributed by atoms with Gasteiger partial charge in [0.1, 0.15) is 10.3 Å². The number of anilines is 3. The van der Waals surface area contributed by atoms with Crippen molar-refractivity contribution in [3.63, 3.8) is 0 Å². The smallest absolute Gasteiger partial charge is 0.341 e. The Balaban J connectivity index is 1.37. The molecule has 41 heavy (non-hydrogen) atoms. The summed E-state index contributed by atoms with van der Waals surface area (Å²) in [5, 5.41) is 10.0. The van der Waals surface area contributed by atoms with Gasteiger partial charge in [-0.15, -0.1) is 23.1 Å². The van der Waals surface area contributed by atoms with E-state index in [2.05, 4.69) is 16.0 Å². The third-order valence-electron chi connectivity index (χ3n) is 6.77. The highest BCUT2D eigenvalue weighted by atomic mass is 32.2. The standard InChI is InChI=1S/C32H31N3O3S3/c1-38-31(37)27-25-18-9-4-10-19-26(25)41-30(27)35-29(36)28(21-12-5-2-6-13-21)40-24-17-11-16-23(20-24)34-32(39)33-22-14-7-3-8-15-22/h2-3,5-8,11-17,20,28H,4,9-10,18-19H2,1H3,(H,35,36)(H2,33,34,39). The zero-order valence-electron chi connectivity index (χ0n) is 22.6. The lowest BCUT2D eigenvalue weighted by Gasteiger charge is -2.18. The zero-order valence-corrected chi connectivity index (χ0v) is 25.1. The van der Waals surface area contributed by atoms with Crippen molar-refractivity contribution in [1.29, 1.82) is 0 Å². The molecule has 4 aromatic rings. The second kappa shape index (κ2) is 13.8. The number of rotatable bonds is 8. The minimum absolute atomic E-state index is 0.192. The number of esters is 1. The Kier molecular flexibility index (Phi) is 9.71. The summed E-state index contributed by atoms with van der Waals surface area (Å²) in [5.74, 6) is -0.593. The number of thiophene rings is 1. The highest BCUT2D eigenvalue weighted by Gasteiger charge is 2.29. The molecule has 0 fully saturated rings. The second-order valence-corrected chi connectivity index (χ2v) is 12.3. The van der Waals surface area contributed by atoms with Gasteiger partial charge in [0.05, 0.1) is 12.7 Å². The Bertz CT molecular complexity index is 1520. The molecule has 5 rings (SSSR count). The van der Waals surface area contributed by atoms with Crippen LogP contribution in [0.4, 0.5) is 16.4 Å². The zero-order chi connectivity index (χ0) is 28.6. The molecular formula is C32H31N3O3S3. The number of aryl methyl sites for hydroxylation is 1. The fraction of sp³-hybridized carbons (Fsp3) is 0.219. The molecular weight excluding hydrogens is 571 g/mol. The van der Waals surface area contributed by atoms with Crippen LogP contribution in [-0.4, -0.2) is 24.1 Å². The quantitative estimate of drug-likeness (QED) is 0.0815. The number of thioether (sulfide) groups is 1. The Hall–Kier alpha value is -3.66. The minimum atomic E-state index is -0.548. The fourth-order valence-electron chi connectivity index (χ4n) is 4.83. The van der Waals surface area contributed by atoms with Crippen LogP contribution in [0.2, 0.25) is 0 Å². The molecule has 210 valence electrons. The number of hydrogen-bond acceptors (Lipinski definition) is 6. The van der Waals surface area contributed by atoms with Crippen LogP contribution in [-0.2, 0) is 22.4 Å². The van der Waals surface area contributed by atoms with E-state index in [1.807, 2.05) is 84.9 Å².